The third-order valence-electron chi connectivity index (χ3n) is 21.1. The number of ether oxygens (including phenoxy) is 4. The number of nitrogens with zero attached hydrogens (tertiary/aromatic N) is 7. The molecule has 4 aromatic carbocycles. The van der Waals surface area contributed by atoms with Crippen LogP contribution in [0.5, 0.6) is 23.0 Å². The Hall–Kier alpha value is -9.81. The van der Waals surface area contributed by atoms with Gasteiger partial charge in [-0.2, -0.15) is 5.10 Å². The predicted molar refractivity (Wildman–Crippen MR) is 394 cm³/mol. The van der Waals surface area contributed by atoms with Gasteiger partial charge < -0.3 is 53.8 Å². The number of fused-ring (bicyclic) bond motifs is 2. The number of aromatic amines is 1. The van der Waals surface area contributed by atoms with Crippen LogP contribution in [0.15, 0.2) is 106 Å². The standard InChI is InChI=1S/C38H46N6O5.C21H30N4O2.C16H15N3O4.C2H6/c1-42-22-31(29-20-39-21-30(29)38(42)47)26-18-34(48-2)32(35(19-26)49-3)23-43-14-10-24(11-15-43)25-12-16-44(17-13-25)28-6-4-27(5-7-28)40-33-8-9-36(45)41-37(33)46;26-20-6-5-19(21(27)24-20)23-17-1-3-18(4-2-17)25-13-9-16(10-14-25)15-7-11-22-12-8-15;1-19-7-11(10-6-17-18-15(10)16(19)21)9-4-13(22-2)12(8-20)14(5-9)23-3;1-2/h4-7,18-20,22,24-25,33,40H,8-17,21,23H2,1-3H3,(H,41,45,46);1-4,15-16,19,22-23H,5-14H2,(H,24,26,27);4-8H,1-3H3,(H,17,18);1-2H3. The van der Waals surface area contributed by atoms with E-state index in [4.69, 9.17) is 18.9 Å². The highest BCUT2D eigenvalue weighted by atomic mass is 16.5. The highest BCUT2D eigenvalue weighted by molar-refractivity contribution is 6.02. The van der Waals surface area contributed by atoms with E-state index in [0.717, 1.165) is 131 Å². The second kappa shape index (κ2) is 33.6. The Bertz CT molecular complexity index is 4180. The molecule has 10 heterocycles. The minimum absolute atomic E-state index is 0.00590. The van der Waals surface area contributed by atoms with Crippen LogP contribution in [-0.4, -0.2) is 153 Å². The Morgan fingerprint density at radius 1 is 0.554 bits per heavy atom. The van der Waals surface area contributed by atoms with E-state index in [0.29, 0.717) is 66.5 Å². The maximum absolute atomic E-state index is 12.6. The number of anilines is 4. The van der Waals surface area contributed by atoms with Crippen LogP contribution in [0.3, 0.4) is 0 Å². The molecule has 0 bridgehead atoms. The molecule has 14 rings (SSSR count). The fourth-order valence-electron chi connectivity index (χ4n) is 15.4. The van der Waals surface area contributed by atoms with Crippen molar-refractivity contribution in [2.24, 2.45) is 42.8 Å². The molecule has 3 aromatic heterocycles. The van der Waals surface area contributed by atoms with E-state index in [2.05, 4.69) is 92.9 Å². The summed E-state index contributed by atoms with van der Waals surface area (Å²) in [5.41, 5.74) is 11.0. The third-order valence-corrected chi connectivity index (χ3v) is 21.1. The van der Waals surface area contributed by atoms with Crippen LogP contribution in [0.1, 0.15) is 118 Å². The predicted octanol–water partition coefficient (Wildman–Crippen LogP) is 9.25. The molecule has 7 aromatic rings. The second-order valence-electron chi connectivity index (χ2n) is 26.9. The van der Waals surface area contributed by atoms with Gasteiger partial charge in [0.25, 0.3) is 11.1 Å². The number of H-pyrrole nitrogens is 1. The number of benzene rings is 4. The fraction of sp³-hybridized carbons (Fsp3) is 0.468. The van der Waals surface area contributed by atoms with Gasteiger partial charge in [-0.1, -0.05) is 13.8 Å². The Labute approximate surface area is 589 Å². The van der Waals surface area contributed by atoms with E-state index in [1.807, 2.05) is 44.3 Å². The molecule has 2 unspecified atom stereocenters. The minimum atomic E-state index is -0.370. The van der Waals surface area contributed by atoms with Gasteiger partial charge in [0.2, 0.25) is 23.6 Å². The zero-order chi connectivity index (χ0) is 71.3. The first-order valence-corrected chi connectivity index (χ1v) is 35.7. The number of carbonyl (C=O) groups is 5. The SMILES string of the molecule is CC.COc1cc(-c2cn(C)c(=O)c3[nH]ncc23)cc(OC)c1C=O.COc1cc(-c2cn(C)c(=O)c3c2C=NC3)cc(OC)c1CN1CCC(C2CCN(c3ccc(NC4CCC(=O)NC4=O)cc3)CC2)CC1.O=C1CCC(Nc2ccc(N3CCC(C4CCNCC4)CC3)cc2)C(=O)N1. The summed E-state index contributed by atoms with van der Waals surface area (Å²) in [4.78, 5) is 94.5. The van der Waals surface area contributed by atoms with Crippen LogP contribution in [0.2, 0.25) is 0 Å². The number of nitrogens with one attached hydrogen (secondary N) is 6. The van der Waals surface area contributed by atoms with Crippen molar-refractivity contribution in [2.45, 2.75) is 116 Å². The van der Waals surface area contributed by atoms with Gasteiger partial charge in [-0.25, -0.2) is 0 Å². The van der Waals surface area contributed by atoms with E-state index in [1.165, 1.54) is 94.6 Å². The number of aromatic nitrogens is 4. The summed E-state index contributed by atoms with van der Waals surface area (Å²) >= 11 is 0. The summed E-state index contributed by atoms with van der Waals surface area (Å²) in [5, 5.41) is 22.1. The lowest BCUT2D eigenvalue weighted by Crippen LogP contribution is -2.47. The zero-order valence-corrected chi connectivity index (χ0v) is 59.5. The first kappa shape index (κ1) is 72.4. The van der Waals surface area contributed by atoms with Crippen molar-refractivity contribution in [2.75, 3.05) is 101 Å². The van der Waals surface area contributed by atoms with Gasteiger partial charge in [-0.15, -0.1) is 0 Å². The Morgan fingerprint density at radius 2 is 1.00 bits per heavy atom. The van der Waals surface area contributed by atoms with Gasteiger partial charge >= 0.3 is 0 Å². The minimum Gasteiger partial charge on any atom is -0.496 e. The van der Waals surface area contributed by atoms with Crippen molar-refractivity contribution in [3.05, 3.63) is 134 Å². The van der Waals surface area contributed by atoms with Gasteiger partial charge in [0, 0.05) is 129 Å². The third kappa shape index (κ3) is 16.8. The van der Waals surface area contributed by atoms with Gasteiger partial charge in [-0.05, 0) is 198 Å². The molecule has 6 saturated heterocycles. The quantitative estimate of drug-likeness (QED) is 0.0366. The van der Waals surface area contributed by atoms with E-state index >= 15 is 0 Å². The number of hydrogen-bond acceptors (Lipinski definition) is 19. The maximum Gasteiger partial charge on any atom is 0.276 e. The van der Waals surface area contributed by atoms with Crippen LogP contribution in [-0.2, 0) is 46.4 Å². The Balaban J connectivity index is 0.000000166. The van der Waals surface area contributed by atoms with Gasteiger partial charge in [0.05, 0.1) is 52.3 Å². The van der Waals surface area contributed by atoms with Crippen molar-refractivity contribution < 1.29 is 42.9 Å². The van der Waals surface area contributed by atoms with E-state index in [1.54, 1.807) is 63.6 Å². The molecule has 2 atom stereocenters. The highest BCUT2D eigenvalue weighted by Gasteiger charge is 2.33. The zero-order valence-electron chi connectivity index (χ0n) is 59.5. The maximum atomic E-state index is 12.6. The number of amides is 4. The molecule has 536 valence electrons. The van der Waals surface area contributed by atoms with Gasteiger partial charge in [0.1, 0.15) is 40.6 Å². The van der Waals surface area contributed by atoms with Crippen LogP contribution < -0.4 is 66.4 Å². The largest absolute Gasteiger partial charge is 0.496 e. The molecule has 6 N–H and O–H groups in total. The Kier molecular flexibility index (Phi) is 24.1. The molecule has 0 aliphatic carbocycles. The molecule has 0 spiro atoms. The molecule has 24 heteroatoms. The summed E-state index contributed by atoms with van der Waals surface area (Å²) in [6, 6.07) is 23.6. The van der Waals surface area contributed by atoms with Crippen molar-refractivity contribution in [3.63, 3.8) is 0 Å². The second-order valence-corrected chi connectivity index (χ2v) is 26.9. The fourth-order valence-corrected chi connectivity index (χ4v) is 15.4. The number of aryl methyl sites for hydroxylation is 2. The van der Waals surface area contributed by atoms with E-state index in [9.17, 15) is 33.6 Å². The van der Waals surface area contributed by atoms with Crippen LogP contribution in [0.25, 0.3) is 33.2 Å². The number of aliphatic imine (C=N–C) groups is 1. The number of rotatable bonds is 17. The smallest absolute Gasteiger partial charge is 0.276 e. The molecule has 7 aliphatic rings. The molecule has 0 radical (unpaired) electrons. The summed E-state index contributed by atoms with van der Waals surface area (Å²) in [7, 11) is 9.84. The lowest BCUT2D eigenvalue weighted by Gasteiger charge is -2.41. The number of imide groups is 2. The first-order chi connectivity index (χ1) is 49.1. The van der Waals surface area contributed by atoms with Crippen LogP contribution in [0, 0.1) is 23.7 Å². The monoisotopic (exact) mass is 1380 g/mol. The lowest BCUT2D eigenvalue weighted by molar-refractivity contribution is -0.135. The average molecular weight is 1380 g/mol. The van der Waals surface area contributed by atoms with Crippen molar-refractivity contribution in [1.82, 2.24) is 40.2 Å². The molecular formula is C77H97N13O11. The van der Waals surface area contributed by atoms with Crippen molar-refractivity contribution in [1.29, 1.82) is 0 Å². The van der Waals surface area contributed by atoms with Crippen LogP contribution >= 0.6 is 0 Å². The topological polar surface area (TPSA) is 277 Å². The molecule has 24 nitrogen and oxygen atoms in total. The van der Waals surface area contributed by atoms with Gasteiger partial charge in [0.15, 0.2) is 6.29 Å². The van der Waals surface area contributed by atoms with Crippen molar-refractivity contribution >= 4 is 69.8 Å². The number of carbonyl (C=O) groups excluding carboxylic acids is 5. The lowest BCUT2D eigenvalue weighted by atomic mass is 9.78. The average Bonchev–Trinajstić information content (AvgIpc) is 1.74. The summed E-state index contributed by atoms with van der Waals surface area (Å²) < 4.78 is 25.5. The summed E-state index contributed by atoms with van der Waals surface area (Å²) in [5.74, 6) is 4.80. The molecule has 6 fully saturated rings. The molecular weight excluding hydrogens is 1280 g/mol. The number of hydrogen-bond donors (Lipinski definition) is 6. The van der Waals surface area contributed by atoms with Gasteiger partial charge in [-0.3, -0.25) is 59.2 Å². The molecule has 7 aliphatic heterocycles. The van der Waals surface area contributed by atoms with E-state index < -0.39 is 0 Å². The van der Waals surface area contributed by atoms with Crippen LogP contribution in [0.4, 0.5) is 22.7 Å². The number of aldehydes is 1. The number of likely N-dealkylation sites (tertiary alicyclic amines) is 1. The highest BCUT2D eigenvalue weighted by Crippen LogP contribution is 2.41. The van der Waals surface area contributed by atoms with Crippen molar-refractivity contribution in [3.8, 4) is 45.3 Å². The first-order valence-electron chi connectivity index (χ1n) is 35.7. The molecule has 4 amide bonds. The number of methoxy groups -OCH3 is 4. The molecule has 0 saturated carbocycles. The normalized spacial score (nSPS) is 19.1. The number of piperidine rings is 6. The number of pyridine rings is 2. The molecule has 101 heavy (non-hydrogen) atoms. The van der Waals surface area contributed by atoms with E-state index in [-0.39, 0.29) is 46.8 Å². The summed E-state index contributed by atoms with van der Waals surface area (Å²) in [6.45, 7) is 14.0. The Morgan fingerprint density at radius 3 is 1.48 bits per heavy atom. The summed E-state index contributed by atoms with van der Waals surface area (Å²) in [6.07, 6.45) is 19.6.